The molecule has 1 amide bonds. The lowest BCUT2D eigenvalue weighted by molar-refractivity contribution is 0.0670. The molecule has 1 saturated heterocycles. The third-order valence-corrected chi connectivity index (χ3v) is 4.71. The van der Waals surface area contributed by atoms with E-state index in [0.29, 0.717) is 23.7 Å². The molecule has 3 heterocycles. The van der Waals surface area contributed by atoms with Crippen LogP contribution in [0, 0.1) is 19.8 Å². The van der Waals surface area contributed by atoms with E-state index in [-0.39, 0.29) is 5.91 Å². The fourth-order valence-corrected chi connectivity index (χ4v) is 3.38. The molecule has 0 bridgehead atoms. The highest BCUT2D eigenvalue weighted by atomic mass is 16.5. The Balaban J connectivity index is 1.72. The average molecular weight is 316 g/mol. The molecule has 1 atom stereocenters. The van der Waals surface area contributed by atoms with Crippen LogP contribution in [-0.4, -0.2) is 39.3 Å². The molecule has 1 N–H and O–H groups in total. The molecule has 124 valence electrons. The Morgan fingerprint density at radius 1 is 1.48 bits per heavy atom. The molecule has 6 nitrogen and oxygen atoms in total. The molecular formula is C17H24N4O2. The number of nitrogens with zero attached hydrogens (tertiary/aromatic N) is 3. The summed E-state index contributed by atoms with van der Waals surface area (Å²) in [4.78, 5) is 14.8. The van der Waals surface area contributed by atoms with Crippen molar-refractivity contribution in [1.82, 2.24) is 20.3 Å². The molecule has 0 radical (unpaired) electrons. The maximum atomic E-state index is 12.9. The fourth-order valence-electron chi connectivity index (χ4n) is 3.38. The number of hydrogen-bond acceptors (Lipinski definition) is 4. The number of rotatable bonds is 4. The minimum atomic E-state index is 0.0617. The van der Waals surface area contributed by atoms with Crippen LogP contribution in [0.5, 0.6) is 0 Å². The van der Waals surface area contributed by atoms with Crippen molar-refractivity contribution in [2.45, 2.75) is 46.5 Å². The molecule has 2 aromatic heterocycles. The van der Waals surface area contributed by atoms with Crippen molar-refractivity contribution in [2.75, 3.05) is 13.1 Å². The number of aromatic amines is 1. The number of carbonyl (C=O) groups is 1. The van der Waals surface area contributed by atoms with Crippen LogP contribution in [0.3, 0.4) is 0 Å². The molecule has 6 heteroatoms. The van der Waals surface area contributed by atoms with Gasteiger partial charge in [0, 0.05) is 18.8 Å². The second kappa shape index (κ2) is 6.56. The number of aromatic nitrogens is 3. The van der Waals surface area contributed by atoms with Crippen molar-refractivity contribution in [3.8, 4) is 0 Å². The van der Waals surface area contributed by atoms with E-state index in [9.17, 15) is 4.79 Å². The van der Waals surface area contributed by atoms with Crippen LogP contribution < -0.4 is 0 Å². The standard InChI is InChI=1S/C17H24N4O2/c1-4-14-16(12(3)23-20-14)17(22)21-7-5-6-13(10-21)8-15-11(2)9-18-19-15/h9,13H,4-8,10H2,1-3H3,(H,18,19). The molecule has 1 unspecified atom stereocenters. The minimum absolute atomic E-state index is 0.0617. The summed E-state index contributed by atoms with van der Waals surface area (Å²) in [7, 11) is 0. The minimum Gasteiger partial charge on any atom is -0.361 e. The van der Waals surface area contributed by atoms with Crippen molar-refractivity contribution in [3.63, 3.8) is 0 Å². The normalized spacial score (nSPS) is 18.4. The molecule has 23 heavy (non-hydrogen) atoms. The molecular weight excluding hydrogens is 292 g/mol. The van der Waals surface area contributed by atoms with E-state index >= 15 is 0 Å². The largest absolute Gasteiger partial charge is 0.361 e. The Hall–Kier alpha value is -2.11. The molecule has 2 aromatic rings. The van der Waals surface area contributed by atoms with Gasteiger partial charge in [-0.15, -0.1) is 0 Å². The van der Waals surface area contributed by atoms with Gasteiger partial charge in [0.2, 0.25) is 0 Å². The highest BCUT2D eigenvalue weighted by molar-refractivity contribution is 5.96. The molecule has 1 aliphatic rings. The fraction of sp³-hybridized carbons (Fsp3) is 0.588. The summed E-state index contributed by atoms with van der Waals surface area (Å²) >= 11 is 0. The Labute approximate surface area is 136 Å². The predicted molar refractivity (Wildman–Crippen MR) is 86.3 cm³/mol. The Morgan fingerprint density at radius 2 is 2.30 bits per heavy atom. The smallest absolute Gasteiger partial charge is 0.259 e. The number of H-pyrrole nitrogens is 1. The summed E-state index contributed by atoms with van der Waals surface area (Å²) in [5, 5.41) is 11.2. The van der Waals surface area contributed by atoms with Crippen molar-refractivity contribution >= 4 is 5.91 Å². The predicted octanol–water partition coefficient (Wildman–Crippen LogP) is 2.67. The molecule has 1 aliphatic heterocycles. The molecule has 1 fully saturated rings. The lowest BCUT2D eigenvalue weighted by atomic mass is 9.92. The zero-order chi connectivity index (χ0) is 16.4. The van der Waals surface area contributed by atoms with Gasteiger partial charge >= 0.3 is 0 Å². The Bertz CT molecular complexity index is 689. The lowest BCUT2D eigenvalue weighted by Gasteiger charge is -2.32. The van der Waals surface area contributed by atoms with E-state index in [2.05, 4.69) is 22.3 Å². The maximum absolute atomic E-state index is 12.9. The van der Waals surface area contributed by atoms with Crippen LogP contribution in [0.2, 0.25) is 0 Å². The number of aryl methyl sites for hydroxylation is 3. The van der Waals surface area contributed by atoms with Gasteiger partial charge < -0.3 is 9.42 Å². The van der Waals surface area contributed by atoms with Crippen molar-refractivity contribution in [1.29, 1.82) is 0 Å². The summed E-state index contributed by atoms with van der Waals surface area (Å²) in [6.07, 6.45) is 5.69. The SMILES string of the molecule is CCc1noc(C)c1C(=O)N1CCCC(Cc2[nH]ncc2C)C1. The zero-order valence-electron chi connectivity index (χ0n) is 14.1. The molecule has 0 saturated carbocycles. The number of piperidine rings is 1. The monoisotopic (exact) mass is 316 g/mol. The summed E-state index contributed by atoms with van der Waals surface area (Å²) in [5.74, 6) is 1.15. The third-order valence-electron chi connectivity index (χ3n) is 4.71. The van der Waals surface area contributed by atoms with Gasteiger partial charge in [0.05, 0.1) is 11.9 Å². The first-order valence-corrected chi connectivity index (χ1v) is 8.33. The van der Waals surface area contributed by atoms with E-state index in [0.717, 1.165) is 38.0 Å². The van der Waals surface area contributed by atoms with Crippen LogP contribution >= 0.6 is 0 Å². The number of hydrogen-bond donors (Lipinski definition) is 1. The maximum Gasteiger partial charge on any atom is 0.259 e. The summed E-state index contributed by atoms with van der Waals surface area (Å²) in [5.41, 5.74) is 3.79. The van der Waals surface area contributed by atoms with Gasteiger partial charge in [-0.1, -0.05) is 12.1 Å². The molecule has 0 aliphatic carbocycles. The van der Waals surface area contributed by atoms with Crippen molar-refractivity contribution < 1.29 is 9.32 Å². The molecule has 3 rings (SSSR count). The van der Waals surface area contributed by atoms with E-state index in [1.165, 1.54) is 11.3 Å². The molecule has 0 aromatic carbocycles. The van der Waals surface area contributed by atoms with E-state index < -0.39 is 0 Å². The van der Waals surface area contributed by atoms with E-state index in [4.69, 9.17) is 4.52 Å². The first-order chi connectivity index (χ1) is 11.1. The van der Waals surface area contributed by atoms with Crippen molar-refractivity contribution in [2.24, 2.45) is 5.92 Å². The number of amides is 1. The van der Waals surface area contributed by atoms with Gasteiger partial charge in [-0.05, 0) is 51.0 Å². The summed E-state index contributed by atoms with van der Waals surface area (Å²) in [6, 6.07) is 0. The Morgan fingerprint density at radius 3 is 3.00 bits per heavy atom. The Kier molecular flexibility index (Phi) is 4.50. The van der Waals surface area contributed by atoms with Crippen LogP contribution in [0.4, 0.5) is 0 Å². The average Bonchev–Trinajstić information content (AvgIpc) is 3.13. The quantitative estimate of drug-likeness (QED) is 0.941. The second-order valence-electron chi connectivity index (χ2n) is 6.41. The first kappa shape index (κ1) is 15.8. The highest BCUT2D eigenvalue weighted by Crippen LogP contribution is 2.24. The van der Waals surface area contributed by atoms with Gasteiger partial charge in [-0.2, -0.15) is 5.10 Å². The lowest BCUT2D eigenvalue weighted by Crippen LogP contribution is -2.41. The van der Waals surface area contributed by atoms with Crippen LogP contribution in [-0.2, 0) is 12.8 Å². The topological polar surface area (TPSA) is 75.0 Å². The van der Waals surface area contributed by atoms with Crippen molar-refractivity contribution in [3.05, 3.63) is 34.5 Å². The van der Waals surface area contributed by atoms with Gasteiger partial charge in [-0.25, -0.2) is 0 Å². The summed E-state index contributed by atoms with van der Waals surface area (Å²) in [6.45, 7) is 7.47. The van der Waals surface area contributed by atoms with E-state index in [1.807, 2.05) is 24.9 Å². The van der Waals surface area contributed by atoms with Gasteiger partial charge in [0.25, 0.3) is 5.91 Å². The summed E-state index contributed by atoms with van der Waals surface area (Å²) < 4.78 is 5.22. The van der Waals surface area contributed by atoms with Crippen LogP contribution in [0.15, 0.2) is 10.7 Å². The number of likely N-dealkylation sites (tertiary alicyclic amines) is 1. The van der Waals surface area contributed by atoms with Gasteiger partial charge in [0.1, 0.15) is 11.3 Å². The highest BCUT2D eigenvalue weighted by Gasteiger charge is 2.29. The van der Waals surface area contributed by atoms with Gasteiger partial charge in [0.15, 0.2) is 0 Å². The van der Waals surface area contributed by atoms with Crippen LogP contribution in [0.25, 0.3) is 0 Å². The third kappa shape index (κ3) is 3.16. The first-order valence-electron chi connectivity index (χ1n) is 8.33. The number of nitrogens with one attached hydrogen (secondary N) is 1. The van der Waals surface area contributed by atoms with Crippen LogP contribution in [0.1, 0.15) is 52.8 Å². The number of carbonyl (C=O) groups excluding carboxylic acids is 1. The van der Waals surface area contributed by atoms with E-state index in [1.54, 1.807) is 0 Å². The second-order valence-corrected chi connectivity index (χ2v) is 6.41. The molecule has 0 spiro atoms. The zero-order valence-corrected chi connectivity index (χ0v) is 14.1. The van der Waals surface area contributed by atoms with Gasteiger partial charge in [-0.3, -0.25) is 9.89 Å².